The Morgan fingerprint density at radius 1 is 1.11 bits per heavy atom. The number of nitrogens with zero attached hydrogens (tertiary/aromatic N) is 4. The van der Waals surface area contributed by atoms with E-state index < -0.39 is 53.7 Å². The van der Waals surface area contributed by atoms with E-state index in [1.165, 1.54) is 11.1 Å². The van der Waals surface area contributed by atoms with Crippen LogP contribution in [0.4, 0.5) is 0 Å². The average Bonchev–Trinajstić information content (AvgIpc) is 3.66. The van der Waals surface area contributed by atoms with Crippen molar-refractivity contribution in [2.75, 3.05) is 19.7 Å². The summed E-state index contributed by atoms with van der Waals surface area (Å²) in [6.07, 6.45) is 3.87. The minimum Gasteiger partial charge on any atom is -0.372 e. The lowest BCUT2D eigenvalue weighted by Crippen LogP contribution is -2.60. The minimum atomic E-state index is -1.24. The Balaban J connectivity index is 1.89. The van der Waals surface area contributed by atoms with E-state index in [0.717, 1.165) is 0 Å². The van der Waals surface area contributed by atoms with Crippen molar-refractivity contribution in [1.29, 1.82) is 0 Å². The molecule has 2 aliphatic rings. The van der Waals surface area contributed by atoms with E-state index in [4.69, 9.17) is 10.5 Å². The smallest absolute Gasteiger partial charge is 0.245 e. The highest BCUT2D eigenvalue weighted by molar-refractivity contribution is 5.96. The molecular formula is C29H47N9O7. The number of primary amides is 1. The van der Waals surface area contributed by atoms with Crippen LogP contribution in [0.5, 0.6) is 0 Å². The normalized spacial score (nSPS) is 24.0. The van der Waals surface area contributed by atoms with Gasteiger partial charge < -0.3 is 36.6 Å². The first-order chi connectivity index (χ1) is 21.4. The lowest BCUT2D eigenvalue weighted by Gasteiger charge is -2.30. The van der Waals surface area contributed by atoms with Crippen LogP contribution in [0.2, 0.25) is 0 Å². The molecule has 0 spiro atoms. The van der Waals surface area contributed by atoms with Gasteiger partial charge in [-0.05, 0) is 37.5 Å². The molecule has 3 rings (SSSR count). The van der Waals surface area contributed by atoms with Crippen molar-refractivity contribution in [2.24, 2.45) is 17.6 Å². The first-order valence-electron chi connectivity index (χ1n) is 15.6. The van der Waals surface area contributed by atoms with Crippen molar-refractivity contribution >= 4 is 35.4 Å². The van der Waals surface area contributed by atoms with E-state index in [-0.39, 0.29) is 43.9 Å². The highest BCUT2D eigenvalue weighted by Gasteiger charge is 2.38. The van der Waals surface area contributed by atoms with Gasteiger partial charge in [0.15, 0.2) is 0 Å². The predicted octanol–water partition coefficient (Wildman–Crippen LogP) is -1.27. The van der Waals surface area contributed by atoms with Gasteiger partial charge in [-0.1, -0.05) is 39.3 Å². The first kappa shape index (κ1) is 35.4. The van der Waals surface area contributed by atoms with Crippen LogP contribution < -0.4 is 27.0 Å². The number of hydrogen-bond donors (Lipinski definition) is 5. The molecule has 0 radical (unpaired) electrons. The zero-order valence-electron chi connectivity index (χ0n) is 26.5. The van der Waals surface area contributed by atoms with Crippen LogP contribution in [-0.4, -0.2) is 99.2 Å². The molecular weight excluding hydrogens is 586 g/mol. The maximum absolute atomic E-state index is 13.7. The van der Waals surface area contributed by atoms with E-state index in [1.807, 2.05) is 20.8 Å². The Bertz CT molecular complexity index is 1220. The van der Waals surface area contributed by atoms with Gasteiger partial charge in [0.2, 0.25) is 35.4 Å². The minimum absolute atomic E-state index is 0.0123. The highest BCUT2D eigenvalue weighted by Crippen LogP contribution is 2.19. The van der Waals surface area contributed by atoms with E-state index in [9.17, 15) is 28.8 Å². The topological polar surface area (TPSA) is 220 Å². The number of rotatable bonds is 7. The summed E-state index contributed by atoms with van der Waals surface area (Å²) in [6.45, 7) is 7.59. The van der Waals surface area contributed by atoms with Gasteiger partial charge in [-0.15, -0.1) is 5.10 Å². The number of hydrogen-bond acceptors (Lipinski definition) is 9. The van der Waals surface area contributed by atoms with Crippen LogP contribution in [0.1, 0.15) is 71.9 Å². The summed E-state index contributed by atoms with van der Waals surface area (Å²) < 4.78 is 7.40. The monoisotopic (exact) mass is 633 g/mol. The average molecular weight is 634 g/mol. The number of nitrogens with one attached hydrogen (secondary N) is 4. The molecule has 0 bridgehead atoms. The molecule has 6 N–H and O–H groups in total. The van der Waals surface area contributed by atoms with Crippen LogP contribution in [0.3, 0.4) is 0 Å². The summed E-state index contributed by atoms with van der Waals surface area (Å²) in [6, 6.07) is -4.04. The van der Waals surface area contributed by atoms with Gasteiger partial charge in [0.1, 0.15) is 24.2 Å². The maximum atomic E-state index is 13.7. The molecule has 6 amide bonds. The summed E-state index contributed by atoms with van der Waals surface area (Å²) in [5.41, 5.74) is 6.12. The van der Waals surface area contributed by atoms with Gasteiger partial charge in [0, 0.05) is 19.5 Å². The first-order valence-corrected chi connectivity index (χ1v) is 15.6. The van der Waals surface area contributed by atoms with Crippen molar-refractivity contribution in [2.45, 2.75) is 104 Å². The SMILES string of the molecule is CC[C@H](C)[C@@H]1NC(=O)[C@@H]2CCCN2C(=O)CNC(=O)CCCn2nncc2COC[C@@H](C(=O)N[C@@H](CC(C)C)C(N)=O)NC1=O. The Labute approximate surface area is 262 Å². The summed E-state index contributed by atoms with van der Waals surface area (Å²) in [4.78, 5) is 79.5. The fourth-order valence-corrected chi connectivity index (χ4v) is 5.34. The Hall–Kier alpha value is -4.08. The van der Waals surface area contributed by atoms with E-state index in [0.29, 0.717) is 50.9 Å². The molecule has 1 aromatic heterocycles. The number of ether oxygens (including phenoxy) is 1. The summed E-state index contributed by atoms with van der Waals surface area (Å²) >= 11 is 0. The number of aromatic nitrogens is 3. The van der Waals surface area contributed by atoms with Gasteiger partial charge in [0.25, 0.3) is 0 Å². The standard InChI is InChI=1S/C29H47N9O7/c1-5-18(4)25-29(44)34-21(27(42)33-20(26(30)41)12-17(2)3)16-45-15-19-13-32-36-38(19)11-7-9-23(39)31-14-24(40)37-10-6-8-22(37)28(43)35-25/h13,17-18,20-22,25H,5-12,14-16H2,1-4H3,(H2,30,41)(H,31,39)(H,33,42)(H,34,44)(H,35,43)/t18-,20-,21-,22-,25-/m0/s1. The van der Waals surface area contributed by atoms with E-state index >= 15 is 0 Å². The molecule has 16 nitrogen and oxygen atoms in total. The molecule has 0 aliphatic carbocycles. The van der Waals surface area contributed by atoms with Crippen molar-refractivity contribution < 1.29 is 33.5 Å². The van der Waals surface area contributed by atoms with Gasteiger partial charge in [-0.25, -0.2) is 4.68 Å². The van der Waals surface area contributed by atoms with Crippen molar-refractivity contribution in [3.63, 3.8) is 0 Å². The lowest BCUT2D eigenvalue weighted by molar-refractivity contribution is -0.140. The van der Waals surface area contributed by atoms with Gasteiger partial charge >= 0.3 is 0 Å². The van der Waals surface area contributed by atoms with Gasteiger partial charge in [-0.3, -0.25) is 28.8 Å². The molecule has 1 saturated heterocycles. The van der Waals surface area contributed by atoms with Crippen molar-refractivity contribution in [1.82, 2.24) is 41.2 Å². The number of nitrogens with two attached hydrogens (primary N) is 1. The molecule has 5 atom stereocenters. The summed E-state index contributed by atoms with van der Waals surface area (Å²) in [5.74, 6) is -3.48. The van der Waals surface area contributed by atoms with E-state index in [1.54, 1.807) is 11.6 Å². The number of fused-ring (bicyclic) bond motifs is 2. The second kappa shape index (κ2) is 16.8. The van der Waals surface area contributed by atoms with Crippen molar-refractivity contribution in [3.8, 4) is 0 Å². The van der Waals surface area contributed by atoms with Crippen molar-refractivity contribution in [3.05, 3.63) is 11.9 Å². The number of amides is 6. The largest absolute Gasteiger partial charge is 0.372 e. The van der Waals surface area contributed by atoms with Crippen LogP contribution >= 0.6 is 0 Å². The highest BCUT2D eigenvalue weighted by atomic mass is 16.5. The zero-order chi connectivity index (χ0) is 33.1. The summed E-state index contributed by atoms with van der Waals surface area (Å²) in [5, 5.41) is 18.7. The predicted molar refractivity (Wildman–Crippen MR) is 161 cm³/mol. The maximum Gasteiger partial charge on any atom is 0.245 e. The third kappa shape index (κ3) is 10.2. The van der Waals surface area contributed by atoms with Gasteiger partial charge in [0.05, 0.1) is 31.6 Å². The molecule has 2 aliphatic heterocycles. The third-order valence-corrected chi connectivity index (χ3v) is 8.11. The third-order valence-electron chi connectivity index (χ3n) is 8.11. The molecule has 1 aromatic rings. The molecule has 0 aromatic carbocycles. The molecule has 0 saturated carbocycles. The fourth-order valence-electron chi connectivity index (χ4n) is 5.34. The van der Waals surface area contributed by atoms with Crippen LogP contribution in [-0.2, 0) is 46.7 Å². The molecule has 16 heteroatoms. The molecule has 1 fully saturated rings. The fraction of sp³-hybridized carbons (Fsp3) is 0.724. The molecule has 0 unspecified atom stereocenters. The Morgan fingerprint density at radius 3 is 2.56 bits per heavy atom. The number of carbonyl (C=O) groups is 6. The van der Waals surface area contributed by atoms with Crippen LogP contribution in [0.15, 0.2) is 6.20 Å². The second-order valence-corrected chi connectivity index (χ2v) is 12.1. The molecule has 45 heavy (non-hydrogen) atoms. The molecule has 250 valence electrons. The quantitative estimate of drug-likeness (QED) is 0.241. The van der Waals surface area contributed by atoms with Gasteiger partial charge in [-0.2, -0.15) is 0 Å². The number of carbonyl (C=O) groups excluding carboxylic acids is 6. The summed E-state index contributed by atoms with van der Waals surface area (Å²) in [7, 11) is 0. The Morgan fingerprint density at radius 2 is 1.87 bits per heavy atom. The Kier molecular flexibility index (Phi) is 13.2. The number of aryl methyl sites for hydroxylation is 1. The molecule has 3 heterocycles. The van der Waals surface area contributed by atoms with Crippen LogP contribution in [0, 0.1) is 11.8 Å². The second-order valence-electron chi connectivity index (χ2n) is 12.1. The van der Waals surface area contributed by atoms with Crippen LogP contribution in [0.25, 0.3) is 0 Å². The van der Waals surface area contributed by atoms with E-state index in [2.05, 4.69) is 31.6 Å². The lowest BCUT2D eigenvalue weighted by atomic mass is 9.97. The zero-order valence-corrected chi connectivity index (χ0v) is 26.5.